The van der Waals surface area contributed by atoms with Gasteiger partial charge in [-0.1, -0.05) is 0 Å². The molecule has 2 aromatic carbocycles. The first-order valence-electron chi connectivity index (χ1n) is 11.6. The third-order valence-electron chi connectivity index (χ3n) is 5.81. The van der Waals surface area contributed by atoms with Crippen molar-refractivity contribution in [2.75, 3.05) is 5.32 Å². The second kappa shape index (κ2) is 12.1. The molecule has 0 unspecified atom stereocenters. The van der Waals surface area contributed by atoms with Crippen molar-refractivity contribution in [3.8, 4) is 0 Å². The van der Waals surface area contributed by atoms with Crippen LogP contribution in [0.4, 0.5) is 11.4 Å². The maximum atomic E-state index is 6.27. The summed E-state index contributed by atoms with van der Waals surface area (Å²) >= 11 is -0.137. The molecule has 0 atom stereocenters. The molecule has 0 radical (unpaired) electrons. The number of nitrogens with one attached hydrogen (secondary N) is 1. The molecule has 0 saturated carbocycles. The molecule has 0 aromatic heterocycles. The van der Waals surface area contributed by atoms with Gasteiger partial charge in [0, 0.05) is 0 Å². The Morgan fingerprint density at radius 3 is 1.56 bits per heavy atom. The molecule has 174 valence electrons. The van der Waals surface area contributed by atoms with Crippen molar-refractivity contribution in [1.82, 2.24) is 0 Å². The topological polar surface area (TPSA) is 24.4 Å². The SMILES string of the molecule is CC(=Nc1c(C(C)C)cccc1C(C)C)/C(=C\[Se]Cl)Nc1c(C(C)C)cccc1C(C)C. The zero-order valence-corrected chi connectivity index (χ0v) is 23.6. The number of allylic oxidation sites excluding steroid dienone is 1. The van der Waals surface area contributed by atoms with E-state index in [1.165, 1.54) is 27.9 Å². The minimum absolute atomic E-state index is 0.137. The fraction of sp³-hybridized carbons (Fsp3) is 0.464. The van der Waals surface area contributed by atoms with Gasteiger partial charge in [0.1, 0.15) is 0 Å². The monoisotopic (exact) mass is 518 g/mol. The van der Waals surface area contributed by atoms with Gasteiger partial charge in [0.2, 0.25) is 0 Å². The minimum atomic E-state index is -0.137. The number of nitrogens with zero attached hydrogens (tertiary/aromatic N) is 1. The van der Waals surface area contributed by atoms with Crippen LogP contribution in [0.5, 0.6) is 0 Å². The normalized spacial score (nSPS) is 13.1. The fourth-order valence-corrected chi connectivity index (χ4v) is 5.08. The zero-order valence-electron chi connectivity index (χ0n) is 21.1. The van der Waals surface area contributed by atoms with Crippen LogP contribution in [0.2, 0.25) is 0 Å². The van der Waals surface area contributed by atoms with Crippen molar-refractivity contribution >= 4 is 41.2 Å². The predicted molar refractivity (Wildman–Crippen MR) is 145 cm³/mol. The molecule has 0 spiro atoms. The molecule has 2 nitrogen and oxygen atoms in total. The van der Waals surface area contributed by atoms with E-state index in [1.54, 1.807) is 0 Å². The summed E-state index contributed by atoms with van der Waals surface area (Å²) in [4.78, 5) is 7.30. The van der Waals surface area contributed by atoms with Crippen LogP contribution in [-0.2, 0) is 0 Å². The van der Waals surface area contributed by atoms with Gasteiger partial charge in [0.05, 0.1) is 0 Å². The van der Waals surface area contributed by atoms with E-state index in [4.69, 9.17) is 15.1 Å². The van der Waals surface area contributed by atoms with Crippen molar-refractivity contribution in [2.24, 2.45) is 4.99 Å². The standard InChI is InChI=1S/C28H39ClN2Se/c1-17(2)22-12-10-13-23(18(3)4)27(22)30-21(9)26(16-32-29)31-28-24(19(5)6)14-11-15-25(28)20(7)8/h10-20,31H,1-9H3/b26-16+,30-21?. The van der Waals surface area contributed by atoms with Gasteiger partial charge in [-0.15, -0.1) is 0 Å². The van der Waals surface area contributed by atoms with E-state index in [1.807, 2.05) is 0 Å². The molecule has 0 saturated heterocycles. The third kappa shape index (κ3) is 6.50. The molecule has 32 heavy (non-hydrogen) atoms. The Kier molecular flexibility index (Phi) is 10.1. The summed E-state index contributed by atoms with van der Waals surface area (Å²) in [6, 6.07) is 13.2. The fourth-order valence-electron chi connectivity index (χ4n) is 3.95. The van der Waals surface area contributed by atoms with Gasteiger partial charge < -0.3 is 0 Å². The van der Waals surface area contributed by atoms with Crippen LogP contribution < -0.4 is 5.32 Å². The first-order valence-corrected chi connectivity index (χ1v) is 14.9. The third-order valence-corrected chi connectivity index (χ3v) is 6.95. The Balaban J connectivity index is 2.63. The average Bonchev–Trinajstić information content (AvgIpc) is 2.72. The summed E-state index contributed by atoms with van der Waals surface area (Å²) in [6.07, 6.45) is 0. The molecule has 0 aliphatic carbocycles. The summed E-state index contributed by atoms with van der Waals surface area (Å²) < 4.78 is 0. The molecule has 2 aromatic rings. The van der Waals surface area contributed by atoms with Gasteiger partial charge in [-0.2, -0.15) is 0 Å². The number of hydrogen-bond acceptors (Lipinski definition) is 2. The first kappa shape index (κ1) is 26.7. The number of rotatable bonds is 9. The van der Waals surface area contributed by atoms with Crippen LogP contribution >= 0.6 is 10.1 Å². The van der Waals surface area contributed by atoms with E-state index in [9.17, 15) is 0 Å². The Hall–Kier alpha value is -1.54. The molecule has 1 N–H and O–H groups in total. The van der Waals surface area contributed by atoms with E-state index in [0.717, 1.165) is 17.1 Å². The van der Waals surface area contributed by atoms with Gasteiger partial charge in [-0.3, -0.25) is 0 Å². The predicted octanol–water partition coefficient (Wildman–Crippen LogP) is 9.08. The van der Waals surface area contributed by atoms with E-state index in [0.29, 0.717) is 23.7 Å². The Labute approximate surface area is 206 Å². The molecule has 0 aliphatic rings. The van der Waals surface area contributed by atoms with Crippen molar-refractivity contribution in [3.05, 3.63) is 69.3 Å². The van der Waals surface area contributed by atoms with Gasteiger partial charge in [0.25, 0.3) is 0 Å². The molecule has 2 rings (SSSR count). The van der Waals surface area contributed by atoms with Crippen LogP contribution in [0.25, 0.3) is 0 Å². The average molecular weight is 518 g/mol. The molecule has 0 bridgehead atoms. The molecule has 0 fully saturated rings. The summed E-state index contributed by atoms with van der Waals surface area (Å²) in [5.74, 6) is 1.66. The number of para-hydroxylation sites is 2. The van der Waals surface area contributed by atoms with E-state index in [-0.39, 0.29) is 14.0 Å². The second-order valence-electron chi connectivity index (χ2n) is 9.66. The van der Waals surface area contributed by atoms with Gasteiger partial charge in [-0.25, -0.2) is 0 Å². The van der Waals surface area contributed by atoms with Crippen molar-refractivity contribution in [1.29, 1.82) is 0 Å². The van der Waals surface area contributed by atoms with Gasteiger partial charge in [-0.05, 0) is 0 Å². The Morgan fingerprint density at radius 2 is 1.19 bits per heavy atom. The van der Waals surface area contributed by atoms with Crippen molar-refractivity contribution in [3.63, 3.8) is 0 Å². The van der Waals surface area contributed by atoms with Gasteiger partial charge >= 0.3 is 207 Å². The van der Waals surface area contributed by atoms with Crippen molar-refractivity contribution < 1.29 is 0 Å². The van der Waals surface area contributed by atoms with Crippen LogP contribution in [0.3, 0.4) is 0 Å². The van der Waals surface area contributed by atoms with Crippen LogP contribution in [0.1, 0.15) is 108 Å². The van der Waals surface area contributed by atoms with E-state index < -0.39 is 0 Å². The molecule has 0 heterocycles. The molecular weight excluding hydrogens is 479 g/mol. The first-order chi connectivity index (χ1) is 15.1. The van der Waals surface area contributed by atoms with Gasteiger partial charge in [0.15, 0.2) is 0 Å². The quantitative estimate of drug-likeness (QED) is 0.260. The summed E-state index contributed by atoms with van der Waals surface area (Å²) in [5.41, 5.74) is 9.49. The Morgan fingerprint density at radius 1 is 0.781 bits per heavy atom. The zero-order chi connectivity index (χ0) is 24.0. The van der Waals surface area contributed by atoms with E-state index in [2.05, 4.69) is 109 Å². The number of benzene rings is 2. The van der Waals surface area contributed by atoms with Crippen LogP contribution in [0, 0.1) is 0 Å². The second-order valence-corrected chi connectivity index (χ2v) is 11.5. The summed E-state index contributed by atoms with van der Waals surface area (Å²) in [7, 11) is 6.27. The number of anilines is 1. The number of halogens is 1. The molecular formula is C28H39ClN2Se. The number of aliphatic imine (C=N–C) groups is 1. The van der Waals surface area contributed by atoms with Crippen LogP contribution in [-0.4, -0.2) is 19.8 Å². The van der Waals surface area contributed by atoms with Crippen molar-refractivity contribution in [2.45, 2.75) is 86.0 Å². The maximum absolute atomic E-state index is 6.27. The summed E-state index contributed by atoms with van der Waals surface area (Å²) in [5, 5.41) is 3.76. The molecule has 0 aliphatic heterocycles. The number of hydrogen-bond donors (Lipinski definition) is 1. The Bertz CT molecular complexity index is 919. The van der Waals surface area contributed by atoms with Crippen LogP contribution in [0.15, 0.2) is 52.1 Å². The molecule has 0 amide bonds. The summed E-state index contributed by atoms with van der Waals surface area (Å²) in [6.45, 7) is 20.0. The van der Waals surface area contributed by atoms with E-state index >= 15 is 0 Å². The molecule has 4 heteroatoms.